The Kier molecular flexibility index (Phi) is 4.06. The van der Waals surface area contributed by atoms with Crippen molar-refractivity contribution in [2.45, 2.75) is 13.3 Å². The molecule has 13 heavy (non-hydrogen) atoms. The molecule has 1 rings (SSSR count). The lowest BCUT2D eigenvalue weighted by molar-refractivity contribution is 0.317. The van der Waals surface area contributed by atoms with Crippen molar-refractivity contribution in [1.82, 2.24) is 0 Å². The molecule has 71 valence electrons. The minimum atomic E-state index is 0.457. The summed E-state index contributed by atoms with van der Waals surface area (Å²) >= 11 is 5.93. The molecule has 1 aromatic rings. The quantitative estimate of drug-likeness (QED) is 0.808. The number of hydrogen-bond donors (Lipinski definition) is 1. The second-order valence-electron chi connectivity index (χ2n) is 2.64. The van der Waals surface area contributed by atoms with Crippen LogP contribution in [0.2, 0.25) is 5.02 Å². The number of hydrogen-bond acceptors (Lipinski definition) is 2. The Morgan fingerprint density at radius 1 is 1.54 bits per heavy atom. The highest BCUT2D eigenvalue weighted by atomic mass is 35.5. The maximum atomic E-state index is 8.80. The van der Waals surface area contributed by atoms with Crippen molar-refractivity contribution in [3.05, 3.63) is 35.4 Å². The lowest BCUT2D eigenvalue weighted by atomic mass is 10.2. The standard InChI is InChI=1S/C10H12ClO2/c1-2-6-13-9-5-3-4-8(7-12)10(9)11/h3-5,7,12H,2,6H2,1H3. The zero-order valence-corrected chi connectivity index (χ0v) is 8.21. The van der Waals surface area contributed by atoms with E-state index in [-0.39, 0.29) is 0 Å². The van der Waals surface area contributed by atoms with Gasteiger partial charge in [-0.25, -0.2) is 0 Å². The zero-order valence-electron chi connectivity index (χ0n) is 7.46. The van der Waals surface area contributed by atoms with Crippen LogP contribution in [0.15, 0.2) is 18.2 Å². The van der Waals surface area contributed by atoms with Crippen LogP contribution in [0.25, 0.3) is 0 Å². The molecule has 0 aliphatic rings. The van der Waals surface area contributed by atoms with Crippen LogP contribution >= 0.6 is 11.6 Å². The molecule has 2 nitrogen and oxygen atoms in total. The van der Waals surface area contributed by atoms with Crippen LogP contribution in [0, 0.1) is 6.61 Å². The summed E-state index contributed by atoms with van der Waals surface area (Å²) in [5.74, 6) is 0.617. The van der Waals surface area contributed by atoms with Gasteiger partial charge in [0.25, 0.3) is 0 Å². The van der Waals surface area contributed by atoms with Crippen LogP contribution in [-0.4, -0.2) is 11.7 Å². The van der Waals surface area contributed by atoms with Crippen LogP contribution < -0.4 is 4.74 Å². The average Bonchev–Trinajstić information content (AvgIpc) is 2.16. The summed E-state index contributed by atoms with van der Waals surface area (Å²) < 4.78 is 5.37. The Morgan fingerprint density at radius 3 is 2.92 bits per heavy atom. The molecule has 0 unspecified atom stereocenters. The fourth-order valence-electron chi connectivity index (χ4n) is 0.951. The molecule has 0 aliphatic heterocycles. The first-order valence-electron chi connectivity index (χ1n) is 4.18. The third-order valence-corrected chi connectivity index (χ3v) is 2.00. The normalized spacial score (nSPS) is 10.1. The molecule has 1 aromatic carbocycles. The molecule has 0 aliphatic carbocycles. The first kappa shape index (κ1) is 10.4. The van der Waals surface area contributed by atoms with E-state index in [0.717, 1.165) is 13.0 Å². The van der Waals surface area contributed by atoms with E-state index in [1.807, 2.05) is 6.92 Å². The van der Waals surface area contributed by atoms with Crippen molar-refractivity contribution in [3.63, 3.8) is 0 Å². The molecule has 0 heterocycles. The molecule has 0 saturated heterocycles. The number of rotatable bonds is 4. The molecular formula is C10H12ClO2. The second-order valence-corrected chi connectivity index (χ2v) is 3.01. The number of aliphatic hydroxyl groups excluding tert-OH is 1. The van der Waals surface area contributed by atoms with Gasteiger partial charge in [0.05, 0.1) is 11.6 Å². The Balaban J connectivity index is 2.81. The molecule has 3 heteroatoms. The zero-order chi connectivity index (χ0) is 9.68. The Labute approximate surface area is 83.1 Å². The van der Waals surface area contributed by atoms with E-state index in [1.165, 1.54) is 0 Å². The van der Waals surface area contributed by atoms with Crippen molar-refractivity contribution in [2.75, 3.05) is 6.61 Å². The summed E-state index contributed by atoms with van der Waals surface area (Å²) in [5, 5.41) is 9.26. The molecule has 0 atom stereocenters. The SMILES string of the molecule is CCCOc1cccc([CH]O)c1Cl. The van der Waals surface area contributed by atoms with Crippen molar-refractivity contribution in [1.29, 1.82) is 0 Å². The summed E-state index contributed by atoms with van der Waals surface area (Å²) in [6.07, 6.45) is 0.934. The van der Waals surface area contributed by atoms with Crippen LogP contribution in [0.5, 0.6) is 5.75 Å². The molecule has 1 radical (unpaired) electrons. The molecule has 1 N–H and O–H groups in total. The third kappa shape index (κ3) is 2.61. The lowest BCUT2D eigenvalue weighted by Gasteiger charge is -2.08. The van der Waals surface area contributed by atoms with Gasteiger partial charge in [-0.2, -0.15) is 0 Å². The number of ether oxygens (including phenoxy) is 1. The predicted molar refractivity (Wildman–Crippen MR) is 52.6 cm³/mol. The minimum Gasteiger partial charge on any atom is -0.492 e. The molecule has 0 fully saturated rings. The van der Waals surface area contributed by atoms with Crippen LogP contribution in [0.3, 0.4) is 0 Å². The van der Waals surface area contributed by atoms with E-state index in [4.69, 9.17) is 21.4 Å². The monoisotopic (exact) mass is 199 g/mol. The van der Waals surface area contributed by atoms with Crippen LogP contribution in [0.4, 0.5) is 0 Å². The highest BCUT2D eigenvalue weighted by Crippen LogP contribution is 2.28. The Hall–Kier alpha value is -0.730. The van der Waals surface area contributed by atoms with Gasteiger partial charge in [0.2, 0.25) is 0 Å². The highest BCUT2D eigenvalue weighted by molar-refractivity contribution is 6.33. The van der Waals surface area contributed by atoms with Crippen molar-refractivity contribution in [3.8, 4) is 5.75 Å². The van der Waals surface area contributed by atoms with Crippen molar-refractivity contribution < 1.29 is 9.84 Å². The van der Waals surface area contributed by atoms with Crippen LogP contribution in [-0.2, 0) is 0 Å². The number of halogens is 1. The van der Waals surface area contributed by atoms with Crippen LogP contribution in [0.1, 0.15) is 18.9 Å². The molecule has 0 bridgehead atoms. The predicted octanol–water partition coefficient (Wildman–Crippen LogP) is 3.01. The first-order valence-corrected chi connectivity index (χ1v) is 4.56. The molecule has 0 amide bonds. The van der Waals surface area contributed by atoms with E-state index in [9.17, 15) is 0 Å². The molecular weight excluding hydrogens is 188 g/mol. The van der Waals surface area contributed by atoms with Gasteiger partial charge in [-0.1, -0.05) is 30.7 Å². The first-order chi connectivity index (χ1) is 6.29. The minimum absolute atomic E-state index is 0.457. The fourth-order valence-corrected chi connectivity index (χ4v) is 1.18. The van der Waals surface area contributed by atoms with E-state index in [2.05, 4.69) is 0 Å². The fraction of sp³-hybridized carbons (Fsp3) is 0.300. The van der Waals surface area contributed by atoms with Gasteiger partial charge in [-0.05, 0) is 12.5 Å². The van der Waals surface area contributed by atoms with E-state index >= 15 is 0 Å². The van der Waals surface area contributed by atoms with Gasteiger partial charge in [0, 0.05) is 5.56 Å². The van der Waals surface area contributed by atoms with E-state index in [0.29, 0.717) is 22.9 Å². The van der Waals surface area contributed by atoms with Gasteiger partial charge in [0.15, 0.2) is 0 Å². The molecule has 0 spiro atoms. The summed E-state index contributed by atoms with van der Waals surface area (Å²) in [7, 11) is 0. The number of aliphatic hydroxyl groups is 1. The second kappa shape index (κ2) is 5.10. The summed E-state index contributed by atoms with van der Waals surface area (Å²) in [6, 6.07) is 5.30. The topological polar surface area (TPSA) is 29.5 Å². The Morgan fingerprint density at radius 2 is 2.31 bits per heavy atom. The maximum Gasteiger partial charge on any atom is 0.138 e. The largest absolute Gasteiger partial charge is 0.492 e. The van der Waals surface area contributed by atoms with E-state index in [1.54, 1.807) is 18.2 Å². The lowest BCUT2D eigenvalue weighted by Crippen LogP contribution is -1.96. The van der Waals surface area contributed by atoms with E-state index < -0.39 is 0 Å². The molecule has 0 saturated carbocycles. The Bertz CT molecular complexity index is 274. The number of benzene rings is 1. The average molecular weight is 200 g/mol. The summed E-state index contributed by atoms with van der Waals surface area (Å²) in [6.45, 7) is 3.63. The maximum absolute atomic E-state index is 8.80. The van der Waals surface area contributed by atoms with Crippen molar-refractivity contribution >= 4 is 11.6 Å². The smallest absolute Gasteiger partial charge is 0.138 e. The van der Waals surface area contributed by atoms with Gasteiger partial charge in [0.1, 0.15) is 12.4 Å². The molecule has 0 aromatic heterocycles. The third-order valence-electron chi connectivity index (χ3n) is 1.59. The summed E-state index contributed by atoms with van der Waals surface area (Å²) in [4.78, 5) is 0. The summed E-state index contributed by atoms with van der Waals surface area (Å²) in [5.41, 5.74) is 0.579. The van der Waals surface area contributed by atoms with Gasteiger partial charge >= 0.3 is 0 Å². The van der Waals surface area contributed by atoms with Gasteiger partial charge in [-0.3, -0.25) is 0 Å². The van der Waals surface area contributed by atoms with Crippen molar-refractivity contribution in [2.24, 2.45) is 0 Å². The van der Waals surface area contributed by atoms with Gasteiger partial charge < -0.3 is 9.84 Å². The highest BCUT2D eigenvalue weighted by Gasteiger charge is 2.05. The van der Waals surface area contributed by atoms with Gasteiger partial charge in [-0.15, -0.1) is 0 Å².